The Bertz CT molecular complexity index is 578. The molecule has 2 aromatic rings. The third-order valence-corrected chi connectivity index (χ3v) is 2.63. The minimum absolute atomic E-state index is 0.623. The molecule has 0 N–H and O–H groups in total. The molecule has 0 aliphatic rings. The Labute approximate surface area is 94.2 Å². The molecule has 0 amide bonds. The molecule has 2 aromatic carbocycles. The second-order valence-electron chi connectivity index (χ2n) is 3.65. The molecule has 80 valence electrons. The summed E-state index contributed by atoms with van der Waals surface area (Å²) in [6.45, 7) is 1.76. The molecule has 0 spiro atoms. The molecule has 0 unspecified atom stereocenters. The molecular weight excluding hydrogens is 200 g/mol. The lowest BCUT2D eigenvalue weighted by atomic mass is 10.0. The molecule has 0 bridgehead atoms. The van der Waals surface area contributed by atoms with E-state index in [1.54, 1.807) is 14.0 Å². The first-order valence-corrected chi connectivity index (χ1v) is 5.04. The highest BCUT2D eigenvalue weighted by atomic mass is 16.5. The number of hydrogen-bond donors (Lipinski definition) is 0. The Hall–Kier alpha value is -2.05. The number of allylic oxidation sites excluding steroid dienone is 1. The van der Waals surface area contributed by atoms with Crippen LogP contribution in [0.15, 0.2) is 36.4 Å². The summed E-state index contributed by atoms with van der Waals surface area (Å²) < 4.78 is 5.15. The maximum atomic E-state index is 10.6. The number of hydrogen-bond acceptors (Lipinski definition) is 2. The maximum Gasteiger partial charge on any atom is 0.128 e. The van der Waals surface area contributed by atoms with Crippen LogP contribution in [0.3, 0.4) is 0 Å². The first-order chi connectivity index (χ1) is 7.74. The highest BCUT2D eigenvalue weighted by Gasteiger charge is 2.00. The second kappa shape index (κ2) is 4.21. The van der Waals surface area contributed by atoms with Crippen LogP contribution in [0.5, 0.6) is 5.75 Å². The van der Waals surface area contributed by atoms with Crippen LogP contribution >= 0.6 is 0 Å². The number of rotatable bonds is 2. The molecule has 2 heteroatoms. The summed E-state index contributed by atoms with van der Waals surface area (Å²) in [5.41, 5.74) is 1.53. The minimum atomic E-state index is 0.623. The van der Waals surface area contributed by atoms with Crippen molar-refractivity contribution in [2.24, 2.45) is 0 Å². The van der Waals surface area contributed by atoms with Crippen molar-refractivity contribution in [1.82, 2.24) is 0 Å². The lowest BCUT2D eigenvalue weighted by Crippen LogP contribution is -1.84. The Morgan fingerprint density at radius 1 is 1.12 bits per heavy atom. The van der Waals surface area contributed by atoms with Gasteiger partial charge in [-0.2, -0.15) is 0 Å². The standard InChI is InChI=1S/C14H12O2/c1-10(9-15)11-3-4-13-8-14(16-2)6-5-12(13)7-11/h3-8H,1-2H3. The van der Waals surface area contributed by atoms with Gasteiger partial charge in [0.05, 0.1) is 7.11 Å². The van der Waals surface area contributed by atoms with Crippen LogP contribution < -0.4 is 4.74 Å². The van der Waals surface area contributed by atoms with Gasteiger partial charge in [-0.05, 0) is 41.5 Å². The summed E-state index contributed by atoms with van der Waals surface area (Å²) in [5.74, 6) is 2.75. The van der Waals surface area contributed by atoms with Gasteiger partial charge in [-0.25, -0.2) is 4.79 Å². The van der Waals surface area contributed by atoms with Gasteiger partial charge in [-0.3, -0.25) is 0 Å². The largest absolute Gasteiger partial charge is 0.497 e. The molecule has 0 aliphatic carbocycles. The minimum Gasteiger partial charge on any atom is -0.497 e. The van der Waals surface area contributed by atoms with Crippen molar-refractivity contribution in [3.8, 4) is 5.75 Å². The van der Waals surface area contributed by atoms with E-state index in [2.05, 4.69) is 0 Å². The quantitative estimate of drug-likeness (QED) is 0.715. The highest BCUT2D eigenvalue weighted by Crippen LogP contribution is 2.23. The van der Waals surface area contributed by atoms with E-state index in [1.165, 1.54) is 0 Å². The first kappa shape index (κ1) is 10.5. The van der Waals surface area contributed by atoms with Crippen molar-refractivity contribution in [2.45, 2.75) is 6.92 Å². The smallest absolute Gasteiger partial charge is 0.128 e. The third kappa shape index (κ3) is 1.83. The van der Waals surface area contributed by atoms with Gasteiger partial charge in [0.15, 0.2) is 0 Å². The predicted molar refractivity (Wildman–Crippen MR) is 65.3 cm³/mol. The first-order valence-electron chi connectivity index (χ1n) is 5.04. The van der Waals surface area contributed by atoms with Gasteiger partial charge >= 0.3 is 0 Å². The zero-order valence-electron chi connectivity index (χ0n) is 9.28. The van der Waals surface area contributed by atoms with Gasteiger partial charge in [0, 0.05) is 5.57 Å². The van der Waals surface area contributed by atoms with E-state index in [9.17, 15) is 4.79 Å². The van der Waals surface area contributed by atoms with E-state index in [-0.39, 0.29) is 0 Å². The van der Waals surface area contributed by atoms with Crippen LogP contribution in [-0.2, 0) is 4.79 Å². The van der Waals surface area contributed by atoms with Crippen molar-refractivity contribution in [3.63, 3.8) is 0 Å². The Balaban J connectivity index is 2.60. The summed E-state index contributed by atoms with van der Waals surface area (Å²) in [4.78, 5) is 10.6. The van der Waals surface area contributed by atoms with Gasteiger partial charge in [0.1, 0.15) is 11.7 Å². The van der Waals surface area contributed by atoms with Crippen molar-refractivity contribution in [3.05, 3.63) is 42.0 Å². The fourth-order valence-electron chi connectivity index (χ4n) is 1.64. The van der Waals surface area contributed by atoms with Gasteiger partial charge in [0.25, 0.3) is 0 Å². The zero-order valence-corrected chi connectivity index (χ0v) is 9.28. The van der Waals surface area contributed by atoms with E-state index >= 15 is 0 Å². The Kier molecular flexibility index (Phi) is 2.76. The lowest BCUT2D eigenvalue weighted by Gasteiger charge is -2.04. The third-order valence-electron chi connectivity index (χ3n) is 2.63. The van der Waals surface area contributed by atoms with Crippen LogP contribution in [-0.4, -0.2) is 13.1 Å². The lowest BCUT2D eigenvalue weighted by molar-refractivity contribution is 0.415. The topological polar surface area (TPSA) is 26.3 Å². The van der Waals surface area contributed by atoms with Crippen LogP contribution in [0, 0.1) is 0 Å². The van der Waals surface area contributed by atoms with Crippen LogP contribution in [0.4, 0.5) is 0 Å². The summed E-state index contributed by atoms with van der Waals surface area (Å²) in [6, 6.07) is 11.7. The van der Waals surface area contributed by atoms with E-state index in [0.29, 0.717) is 5.57 Å². The zero-order chi connectivity index (χ0) is 11.5. The molecule has 0 aromatic heterocycles. The maximum absolute atomic E-state index is 10.6. The molecule has 0 radical (unpaired) electrons. The molecular formula is C14H12O2. The van der Waals surface area contributed by atoms with E-state index < -0.39 is 0 Å². The molecule has 0 saturated carbocycles. The normalized spacial score (nSPS) is 9.88. The average Bonchev–Trinajstić information content (AvgIpc) is 2.36. The van der Waals surface area contributed by atoms with Gasteiger partial charge in [-0.15, -0.1) is 0 Å². The van der Waals surface area contributed by atoms with Crippen LogP contribution in [0.2, 0.25) is 0 Å². The van der Waals surface area contributed by atoms with E-state index in [0.717, 1.165) is 22.1 Å². The Morgan fingerprint density at radius 3 is 2.50 bits per heavy atom. The van der Waals surface area contributed by atoms with Gasteiger partial charge in [-0.1, -0.05) is 18.2 Å². The number of methoxy groups -OCH3 is 1. The van der Waals surface area contributed by atoms with Crippen molar-refractivity contribution in [1.29, 1.82) is 0 Å². The second-order valence-corrected chi connectivity index (χ2v) is 3.65. The number of benzene rings is 2. The molecule has 0 atom stereocenters. The monoisotopic (exact) mass is 212 g/mol. The van der Waals surface area contributed by atoms with Crippen LogP contribution in [0.1, 0.15) is 12.5 Å². The molecule has 2 rings (SSSR count). The van der Waals surface area contributed by atoms with Crippen molar-refractivity contribution < 1.29 is 9.53 Å². The highest BCUT2D eigenvalue weighted by molar-refractivity contribution is 5.92. The molecule has 16 heavy (non-hydrogen) atoms. The number of carbonyl (C=O) groups excluding carboxylic acids is 1. The molecule has 0 aliphatic heterocycles. The summed E-state index contributed by atoms with van der Waals surface area (Å²) in [5, 5.41) is 2.19. The fourth-order valence-corrected chi connectivity index (χ4v) is 1.64. The average molecular weight is 212 g/mol. The molecule has 2 nitrogen and oxygen atoms in total. The number of ether oxygens (including phenoxy) is 1. The van der Waals surface area contributed by atoms with Crippen molar-refractivity contribution in [2.75, 3.05) is 7.11 Å². The summed E-state index contributed by atoms with van der Waals surface area (Å²) in [6.07, 6.45) is 0. The van der Waals surface area contributed by atoms with Gasteiger partial charge < -0.3 is 4.74 Å². The van der Waals surface area contributed by atoms with Gasteiger partial charge in [0.2, 0.25) is 0 Å². The fraction of sp³-hybridized carbons (Fsp3) is 0.143. The summed E-state index contributed by atoms with van der Waals surface area (Å²) in [7, 11) is 1.65. The number of fused-ring (bicyclic) bond motifs is 1. The van der Waals surface area contributed by atoms with E-state index in [1.807, 2.05) is 42.3 Å². The van der Waals surface area contributed by atoms with Crippen molar-refractivity contribution >= 4 is 22.3 Å². The summed E-state index contributed by atoms with van der Waals surface area (Å²) >= 11 is 0. The molecule has 0 saturated heterocycles. The Morgan fingerprint density at radius 2 is 1.81 bits per heavy atom. The molecule has 0 fully saturated rings. The van der Waals surface area contributed by atoms with Crippen LogP contribution in [0.25, 0.3) is 16.3 Å². The SMILES string of the molecule is COc1ccc2cc(C(C)=C=O)ccc2c1. The molecule has 0 heterocycles. The van der Waals surface area contributed by atoms with E-state index in [4.69, 9.17) is 4.74 Å². The predicted octanol–water partition coefficient (Wildman–Crippen LogP) is 3.08.